The minimum Gasteiger partial charge on any atom is -0.396 e. The number of carbonyl (C=O) groups is 1. The monoisotopic (exact) mass is 270 g/mol. The normalized spacial score (nSPS) is 18.4. The Kier molecular flexibility index (Phi) is 3.45. The molecule has 1 aliphatic heterocycles. The van der Waals surface area contributed by atoms with Crippen LogP contribution in [0.3, 0.4) is 0 Å². The van der Waals surface area contributed by atoms with Crippen LogP contribution in [0.1, 0.15) is 30.1 Å². The zero-order chi connectivity index (χ0) is 14.2. The quantitative estimate of drug-likeness (QED) is 0.761. The number of benzene rings is 1. The Hall–Kier alpha value is -1.69. The van der Waals surface area contributed by atoms with Gasteiger partial charge in [0.15, 0.2) is 5.82 Å². The number of halogens is 2. The molecule has 4 nitrogen and oxygen atoms in total. The number of amides is 1. The van der Waals surface area contributed by atoms with Gasteiger partial charge in [-0.1, -0.05) is 0 Å². The lowest BCUT2D eigenvalue weighted by atomic mass is 9.93. The van der Waals surface area contributed by atoms with Crippen molar-refractivity contribution in [1.29, 1.82) is 0 Å². The highest BCUT2D eigenvalue weighted by molar-refractivity contribution is 5.95. The van der Waals surface area contributed by atoms with Crippen LogP contribution in [-0.4, -0.2) is 34.6 Å². The van der Waals surface area contributed by atoms with E-state index in [1.807, 2.05) is 0 Å². The first-order valence-electron chi connectivity index (χ1n) is 6.06. The van der Waals surface area contributed by atoms with Gasteiger partial charge in [0.05, 0.1) is 16.9 Å². The third-order valence-electron chi connectivity index (χ3n) is 3.42. The summed E-state index contributed by atoms with van der Waals surface area (Å²) in [6.07, 6.45) is 0.816. The number of piperidine rings is 1. The van der Waals surface area contributed by atoms with E-state index < -0.39 is 23.1 Å². The molecular weight excluding hydrogens is 254 g/mol. The van der Waals surface area contributed by atoms with Crippen molar-refractivity contribution in [2.24, 2.45) is 0 Å². The number of likely N-dealkylation sites (tertiary alicyclic amines) is 1. The van der Waals surface area contributed by atoms with E-state index in [9.17, 15) is 18.7 Å². The molecule has 6 heteroatoms. The van der Waals surface area contributed by atoms with Gasteiger partial charge < -0.3 is 15.7 Å². The molecule has 1 fully saturated rings. The van der Waals surface area contributed by atoms with E-state index in [0.717, 1.165) is 12.1 Å². The van der Waals surface area contributed by atoms with Gasteiger partial charge in [-0.15, -0.1) is 0 Å². The van der Waals surface area contributed by atoms with Gasteiger partial charge in [0.2, 0.25) is 0 Å². The standard InChI is InChI=1S/C13H16F2N2O2/c1-13(19)2-4-17(5-3-13)12(18)9-6-8(14)7-10(16)11(9)15/h6-7,19H,2-5,16H2,1H3. The van der Waals surface area contributed by atoms with Crippen LogP contribution in [0.5, 0.6) is 0 Å². The maximum atomic E-state index is 13.8. The molecule has 1 aromatic carbocycles. The van der Waals surface area contributed by atoms with E-state index in [4.69, 9.17) is 5.73 Å². The Morgan fingerprint density at radius 1 is 1.37 bits per heavy atom. The van der Waals surface area contributed by atoms with Gasteiger partial charge in [0.1, 0.15) is 5.82 Å². The van der Waals surface area contributed by atoms with E-state index in [-0.39, 0.29) is 11.3 Å². The molecule has 2 rings (SSSR count). The molecule has 0 spiro atoms. The highest BCUT2D eigenvalue weighted by Gasteiger charge is 2.31. The maximum Gasteiger partial charge on any atom is 0.257 e. The van der Waals surface area contributed by atoms with Gasteiger partial charge in [-0.05, 0) is 31.9 Å². The van der Waals surface area contributed by atoms with Crippen molar-refractivity contribution >= 4 is 11.6 Å². The second-order valence-electron chi connectivity index (χ2n) is 5.15. The Balaban J connectivity index is 2.21. The molecule has 1 heterocycles. The number of rotatable bonds is 1. The summed E-state index contributed by atoms with van der Waals surface area (Å²) in [6, 6.07) is 1.69. The molecule has 0 atom stereocenters. The molecule has 0 aliphatic carbocycles. The zero-order valence-electron chi connectivity index (χ0n) is 10.6. The lowest BCUT2D eigenvalue weighted by Crippen LogP contribution is -2.45. The third-order valence-corrected chi connectivity index (χ3v) is 3.42. The van der Waals surface area contributed by atoms with Crippen molar-refractivity contribution in [3.63, 3.8) is 0 Å². The van der Waals surface area contributed by atoms with E-state index >= 15 is 0 Å². The summed E-state index contributed by atoms with van der Waals surface area (Å²) in [5.74, 6) is -2.24. The lowest BCUT2D eigenvalue weighted by molar-refractivity contribution is -0.00214. The molecule has 1 aromatic rings. The van der Waals surface area contributed by atoms with Crippen LogP contribution in [0.2, 0.25) is 0 Å². The first-order chi connectivity index (χ1) is 8.80. The number of anilines is 1. The van der Waals surface area contributed by atoms with Crippen LogP contribution in [0.15, 0.2) is 12.1 Å². The molecule has 104 valence electrons. The summed E-state index contributed by atoms with van der Waals surface area (Å²) in [7, 11) is 0. The van der Waals surface area contributed by atoms with Crippen LogP contribution in [-0.2, 0) is 0 Å². The smallest absolute Gasteiger partial charge is 0.257 e. The Morgan fingerprint density at radius 2 is 1.95 bits per heavy atom. The van der Waals surface area contributed by atoms with Crippen molar-refractivity contribution in [3.8, 4) is 0 Å². The van der Waals surface area contributed by atoms with Gasteiger partial charge >= 0.3 is 0 Å². The number of hydrogen-bond donors (Lipinski definition) is 2. The van der Waals surface area contributed by atoms with Gasteiger partial charge in [0, 0.05) is 13.1 Å². The minimum atomic E-state index is -0.899. The zero-order valence-corrected chi connectivity index (χ0v) is 10.6. The molecule has 0 aromatic heterocycles. The van der Waals surface area contributed by atoms with Crippen LogP contribution >= 0.6 is 0 Å². The Morgan fingerprint density at radius 3 is 2.53 bits per heavy atom. The molecule has 1 saturated heterocycles. The summed E-state index contributed by atoms with van der Waals surface area (Å²) in [5, 5.41) is 9.80. The summed E-state index contributed by atoms with van der Waals surface area (Å²) < 4.78 is 27.0. The molecule has 1 aliphatic rings. The highest BCUT2D eigenvalue weighted by atomic mass is 19.1. The predicted molar refractivity (Wildman–Crippen MR) is 66.5 cm³/mol. The molecule has 0 bridgehead atoms. The molecule has 3 N–H and O–H groups in total. The number of nitrogens with two attached hydrogens (primary N) is 1. The van der Waals surface area contributed by atoms with Crippen LogP contribution in [0.4, 0.5) is 14.5 Å². The molecular formula is C13H16F2N2O2. The average Bonchev–Trinajstić information content (AvgIpc) is 2.33. The summed E-state index contributed by atoms with van der Waals surface area (Å²) >= 11 is 0. The SMILES string of the molecule is CC1(O)CCN(C(=O)c2cc(F)cc(N)c2F)CC1. The van der Waals surface area contributed by atoms with E-state index in [1.54, 1.807) is 6.92 Å². The number of aliphatic hydroxyl groups is 1. The van der Waals surface area contributed by atoms with Gasteiger partial charge in [-0.25, -0.2) is 8.78 Å². The fourth-order valence-corrected chi connectivity index (χ4v) is 2.13. The summed E-state index contributed by atoms with van der Waals surface area (Å²) in [5.41, 5.74) is 3.75. The van der Waals surface area contributed by atoms with Gasteiger partial charge in [-0.3, -0.25) is 4.79 Å². The molecule has 1 amide bonds. The van der Waals surface area contributed by atoms with Crippen molar-refractivity contribution in [3.05, 3.63) is 29.3 Å². The van der Waals surface area contributed by atoms with Crippen molar-refractivity contribution in [2.45, 2.75) is 25.4 Å². The van der Waals surface area contributed by atoms with Crippen LogP contribution in [0.25, 0.3) is 0 Å². The summed E-state index contributed by atoms with van der Waals surface area (Å²) in [6.45, 7) is 2.30. The first kappa shape index (κ1) is 13.7. The van der Waals surface area contributed by atoms with E-state index in [2.05, 4.69) is 0 Å². The fourth-order valence-electron chi connectivity index (χ4n) is 2.13. The molecule has 19 heavy (non-hydrogen) atoms. The number of nitrogen functional groups attached to an aromatic ring is 1. The van der Waals surface area contributed by atoms with Crippen molar-refractivity contribution < 1.29 is 18.7 Å². The highest BCUT2D eigenvalue weighted by Crippen LogP contribution is 2.24. The number of hydrogen-bond acceptors (Lipinski definition) is 3. The van der Waals surface area contributed by atoms with E-state index in [1.165, 1.54) is 4.90 Å². The molecule has 0 radical (unpaired) electrons. The number of nitrogens with zero attached hydrogens (tertiary/aromatic N) is 1. The van der Waals surface area contributed by atoms with Gasteiger partial charge in [0.25, 0.3) is 5.91 Å². The number of carbonyl (C=O) groups excluding carboxylic acids is 1. The Bertz CT molecular complexity index is 508. The van der Waals surface area contributed by atoms with Gasteiger partial charge in [-0.2, -0.15) is 0 Å². The minimum absolute atomic E-state index is 0.307. The largest absolute Gasteiger partial charge is 0.396 e. The average molecular weight is 270 g/mol. The summed E-state index contributed by atoms with van der Waals surface area (Å²) in [4.78, 5) is 13.5. The topological polar surface area (TPSA) is 66.6 Å². The van der Waals surface area contributed by atoms with E-state index in [0.29, 0.717) is 25.9 Å². The second kappa shape index (κ2) is 4.77. The second-order valence-corrected chi connectivity index (χ2v) is 5.15. The predicted octanol–water partition coefficient (Wildman–Crippen LogP) is 1.53. The third kappa shape index (κ3) is 2.84. The van der Waals surface area contributed by atoms with Crippen molar-refractivity contribution in [1.82, 2.24) is 4.90 Å². The molecule has 0 saturated carbocycles. The first-order valence-corrected chi connectivity index (χ1v) is 6.06. The van der Waals surface area contributed by atoms with Crippen LogP contribution < -0.4 is 5.73 Å². The van der Waals surface area contributed by atoms with Crippen LogP contribution in [0, 0.1) is 11.6 Å². The lowest BCUT2D eigenvalue weighted by Gasteiger charge is -2.35. The maximum absolute atomic E-state index is 13.8. The Labute approximate surface area is 109 Å². The molecule has 0 unspecified atom stereocenters. The van der Waals surface area contributed by atoms with Crippen molar-refractivity contribution in [2.75, 3.05) is 18.8 Å². The fraction of sp³-hybridized carbons (Fsp3) is 0.462.